The number of thioether (sulfide) groups is 1. The van der Waals surface area contributed by atoms with Gasteiger partial charge in [-0.3, -0.25) is 4.79 Å². The predicted octanol–water partition coefficient (Wildman–Crippen LogP) is 0.345. The first-order valence-electron chi connectivity index (χ1n) is 4.36. The van der Waals surface area contributed by atoms with E-state index < -0.39 is 0 Å². The van der Waals surface area contributed by atoms with Crippen LogP contribution in [0.3, 0.4) is 0 Å². The molecule has 0 spiro atoms. The average Bonchev–Trinajstić information content (AvgIpc) is 2.83. The second-order valence-electron chi connectivity index (χ2n) is 3.08. The normalized spacial score (nSPS) is 18.8. The third kappa shape index (κ3) is 3.45. The van der Waals surface area contributed by atoms with E-state index >= 15 is 0 Å². The molecule has 1 saturated carbocycles. The van der Waals surface area contributed by atoms with Crippen LogP contribution in [-0.4, -0.2) is 29.5 Å². The average molecular weight is 188 g/mol. The van der Waals surface area contributed by atoms with Crippen molar-refractivity contribution >= 4 is 17.7 Å². The van der Waals surface area contributed by atoms with E-state index in [4.69, 9.17) is 5.73 Å². The van der Waals surface area contributed by atoms with Crippen molar-refractivity contribution in [3.63, 3.8) is 0 Å². The number of carbonyl (C=O) groups is 1. The van der Waals surface area contributed by atoms with Crippen molar-refractivity contribution in [2.45, 2.75) is 31.1 Å². The topological polar surface area (TPSA) is 55.1 Å². The Morgan fingerprint density at radius 1 is 1.75 bits per heavy atom. The Bertz CT molecular complexity index is 159. The molecule has 1 amide bonds. The van der Waals surface area contributed by atoms with Crippen LogP contribution >= 0.6 is 11.8 Å². The molecule has 0 aromatic carbocycles. The molecular formula is C8H16N2OS. The van der Waals surface area contributed by atoms with Gasteiger partial charge >= 0.3 is 0 Å². The zero-order valence-electron chi connectivity index (χ0n) is 7.38. The van der Waals surface area contributed by atoms with Gasteiger partial charge in [0.05, 0.1) is 5.25 Å². The summed E-state index contributed by atoms with van der Waals surface area (Å²) in [6.45, 7) is 2.57. The van der Waals surface area contributed by atoms with Crippen LogP contribution in [0.4, 0.5) is 0 Å². The molecule has 1 atom stereocenters. The van der Waals surface area contributed by atoms with E-state index in [2.05, 4.69) is 5.32 Å². The lowest BCUT2D eigenvalue weighted by atomic mass is 10.4. The van der Waals surface area contributed by atoms with Gasteiger partial charge in [-0.1, -0.05) is 0 Å². The summed E-state index contributed by atoms with van der Waals surface area (Å²) in [6, 6.07) is 0.471. The van der Waals surface area contributed by atoms with Gasteiger partial charge in [0, 0.05) is 18.3 Å². The molecule has 1 aliphatic rings. The van der Waals surface area contributed by atoms with Gasteiger partial charge in [0.2, 0.25) is 5.91 Å². The number of rotatable bonds is 5. The molecule has 1 rings (SSSR count). The summed E-state index contributed by atoms with van der Waals surface area (Å²) in [5, 5.41) is 3.01. The third-order valence-electron chi connectivity index (χ3n) is 1.78. The van der Waals surface area contributed by atoms with Gasteiger partial charge in [-0.25, -0.2) is 0 Å². The van der Waals surface area contributed by atoms with Crippen LogP contribution in [0.5, 0.6) is 0 Å². The maximum atomic E-state index is 11.3. The second-order valence-corrected chi connectivity index (χ2v) is 4.53. The first-order valence-corrected chi connectivity index (χ1v) is 5.41. The van der Waals surface area contributed by atoms with Crippen molar-refractivity contribution in [3.05, 3.63) is 0 Å². The summed E-state index contributed by atoms with van der Waals surface area (Å²) in [6.07, 6.45) is 2.31. The minimum Gasteiger partial charge on any atom is -0.352 e. The van der Waals surface area contributed by atoms with Crippen molar-refractivity contribution in [1.29, 1.82) is 0 Å². The highest BCUT2D eigenvalue weighted by molar-refractivity contribution is 8.00. The van der Waals surface area contributed by atoms with Crippen LogP contribution in [0.25, 0.3) is 0 Å². The van der Waals surface area contributed by atoms with Gasteiger partial charge in [0.1, 0.15) is 0 Å². The fourth-order valence-electron chi connectivity index (χ4n) is 0.867. The van der Waals surface area contributed by atoms with Gasteiger partial charge < -0.3 is 11.1 Å². The van der Waals surface area contributed by atoms with Crippen LogP contribution < -0.4 is 11.1 Å². The quantitative estimate of drug-likeness (QED) is 0.654. The Morgan fingerprint density at radius 3 is 2.92 bits per heavy atom. The molecule has 3 N–H and O–H groups in total. The zero-order valence-corrected chi connectivity index (χ0v) is 8.19. The number of amides is 1. The summed E-state index contributed by atoms with van der Waals surface area (Å²) in [4.78, 5) is 11.3. The fourth-order valence-corrected chi connectivity index (χ4v) is 1.58. The molecule has 0 saturated heterocycles. The number of nitrogens with two attached hydrogens (primary N) is 1. The Labute approximate surface area is 77.5 Å². The SMILES string of the molecule is CC(SCCN)C(=O)NC1CC1. The van der Waals surface area contributed by atoms with E-state index in [1.54, 1.807) is 11.8 Å². The van der Waals surface area contributed by atoms with Gasteiger partial charge in [-0.15, -0.1) is 11.8 Å². The van der Waals surface area contributed by atoms with E-state index in [9.17, 15) is 4.79 Å². The minimum absolute atomic E-state index is 0.0501. The standard InChI is InChI=1S/C8H16N2OS/c1-6(12-5-4-9)8(11)10-7-2-3-7/h6-7H,2-5,9H2,1H3,(H,10,11). The van der Waals surface area contributed by atoms with E-state index in [0.29, 0.717) is 12.6 Å². The van der Waals surface area contributed by atoms with E-state index in [0.717, 1.165) is 18.6 Å². The second kappa shape index (κ2) is 4.72. The van der Waals surface area contributed by atoms with Gasteiger partial charge in [-0.2, -0.15) is 0 Å². The van der Waals surface area contributed by atoms with Crippen molar-refractivity contribution in [3.8, 4) is 0 Å². The maximum absolute atomic E-state index is 11.3. The smallest absolute Gasteiger partial charge is 0.233 e. The minimum atomic E-state index is 0.0501. The van der Waals surface area contributed by atoms with Crippen LogP contribution in [0, 0.1) is 0 Å². The largest absolute Gasteiger partial charge is 0.352 e. The molecule has 0 radical (unpaired) electrons. The van der Waals surface area contributed by atoms with E-state index in [-0.39, 0.29) is 11.2 Å². The maximum Gasteiger partial charge on any atom is 0.233 e. The highest BCUT2D eigenvalue weighted by atomic mass is 32.2. The Hall–Kier alpha value is -0.220. The summed E-state index contributed by atoms with van der Waals surface area (Å²) in [5.41, 5.74) is 5.34. The monoisotopic (exact) mass is 188 g/mol. The number of carbonyl (C=O) groups excluding carboxylic acids is 1. The van der Waals surface area contributed by atoms with Crippen molar-refractivity contribution in [1.82, 2.24) is 5.32 Å². The van der Waals surface area contributed by atoms with Gasteiger partial charge in [0.15, 0.2) is 0 Å². The Balaban J connectivity index is 2.11. The molecule has 12 heavy (non-hydrogen) atoms. The number of nitrogens with one attached hydrogen (secondary N) is 1. The summed E-state index contributed by atoms with van der Waals surface area (Å²) in [5.74, 6) is 1.02. The Morgan fingerprint density at radius 2 is 2.42 bits per heavy atom. The summed E-state index contributed by atoms with van der Waals surface area (Å²) in [7, 11) is 0. The summed E-state index contributed by atoms with van der Waals surface area (Å²) < 4.78 is 0. The number of hydrogen-bond acceptors (Lipinski definition) is 3. The van der Waals surface area contributed by atoms with Crippen molar-refractivity contribution < 1.29 is 4.79 Å². The van der Waals surface area contributed by atoms with Crippen LogP contribution in [0.1, 0.15) is 19.8 Å². The molecule has 3 nitrogen and oxygen atoms in total. The molecule has 0 aromatic heterocycles. The lowest BCUT2D eigenvalue weighted by Gasteiger charge is -2.10. The summed E-state index contributed by atoms with van der Waals surface area (Å²) >= 11 is 1.62. The van der Waals surface area contributed by atoms with Gasteiger partial charge in [0.25, 0.3) is 0 Å². The van der Waals surface area contributed by atoms with Crippen LogP contribution in [0.2, 0.25) is 0 Å². The lowest BCUT2D eigenvalue weighted by molar-refractivity contribution is -0.120. The third-order valence-corrected chi connectivity index (χ3v) is 2.96. The molecule has 70 valence electrons. The fraction of sp³-hybridized carbons (Fsp3) is 0.875. The highest BCUT2D eigenvalue weighted by Gasteiger charge is 2.25. The van der Waals surface area contributed by atoms with E-state index in [1.165, 1.54) is 0 Å². The van der Waals surface area contributed by atoms with Crippen molar-refractivity contribution in [2.75, 3.05) is 12.3 Å². The first-order chi connectivity index (χ1) is 5.74. The first kappa shape index (κ1) is 9.86. The molecule has 0 bridgehead atoms. The molecule has 0 heterocycles. The molecule has 1 unspecified atom stereocenters. The van der Waals surface area contributed by atoms with E-state index in [1.807, 2.05) is 6.92 Å². The predicted molar refractivity (Wildman–Crippen MR) is 52.1 cm³/mol. The highest BCUT2D eigenvalue weighted by Crippen LogP contribution is 2.20. The molecule has 0 aromatic rings. The molecule has 4 heteroatoms. The molecule has 1 fully saturated rings. The molecule has 1 aliphatic carbocycles. The van der Waals surface area contributed by atoms with Crippen LogP contribution in [-0.2, 0) is 4.79 Å². The number of hydrogen-bond donors (Lipinski definition) is 2. The van der Waals surface area contributed by atoms with Crippen LogP contribution in [0.15, 0.2) is 0 Å². The Kier molecular flexibility index (Phi) is 3.88. The zero-order chi connectivity index (χ0) is 8.97. The molecular weight excluding hydrogens is 172 g/mol. The molecule has 0 aliphatic heterocycles. The van der Waals surface area contributed by atoms with Gasteiger partial charge in [-0.05, 0) is 19.8 Å². The lowest BCUT2D eigenvalue weighted by Crippen LogP contribution is -2.33. The van der Waals surface area contributed by atoms with Crippen molar-refractivity contribution in [2.24, 2.45) is 5.73 Å².